The molecular weight excluding hydrogens is 124 g/mol. The average Bonchev–Trinajstić information content (AvgIpc) is 2.33. The van der Waals surface area contributed by atoms with E-state index in [0.29, 0.717) is 0 Å². The Morgan fingerprint density at radius 1 is 1.40 bits per heavy atom. The van der Waals surface area contributed by atoms with Crippen LogP contribution in [0.15, 0.2) is 12.7 Å². The Labute approximate surface area is 61.8 Å². The standard InChI is InChI=1S/C9H12O/c1-2-3-6-9(10)7-4-5-8-9/h2,10H,1,4-5,7-8H2. The van der Waals surface area contributed by atoms with E-state index in [-0.39, 0.29) is 0 Å². The summed E-state index contributed by atoms with van der Waals surface area (Å²) < 4.78 is 0. The zero-order valence-corrected chi connectivity index (χ0v) is 6.06. The molecule has 1 rings (SSSR count). The minimum Gasteiger partial charge on any atom is -0.378 e. The van der Waals surface area contributed by atoms with Gasteiger partial charge in [0.1, 0.15) is 5.60 Å². The summed E-state index contributed by atoms with van der Waals surface area (Å²) in [6, 6.07) is 0. The molecule has 0 saturated heterocycles. The van der Waals surface area contributed by atoms with E-state index >= 15 is 0 Å². The summed E-state index contributed by atoms with van der Waals surface area (Å²) in [5.74, 6) is 5.49. The first-order valence-electron chi connectivity index (χ1n) is 3.63. The molecule has 0 atom stereocenters. The van der Waals surface area contributed by atoms with Gasteiger partial charge in [-0.1, -0.05) is 18.4 Å². The van der Waals surface area contributed by atoms with Crippen LogP contribution in [0.1, 0.15) is 25.7 Å². The highest BCUT2D eigenvalue weighted by atomic mass is 16.3. The first-order valence-corrected chi connectivity index (χ1v) is 3.63. The van der Waals surface area contributed by atoms with Crippen molar-refractivity contribution in [3.8, 4) is 11.8 Å². The van der Waals surface area contributed by atoms with E-state index in [1.54, 1.807) is 0 Å². The van der Waals surface area contributed by atoms with Crippen LogP contribution >= 0.6 is 0 Å². The SMILES string of the molecule is C=CC#CC1(O)CCCC1. The fraction of sp³-hybridized carbons (Fsp3) is 0.556. The Bertz CT molecular complexity index is 177. The van der Waals surface area contributed by atoms with Crippen molar-refractivity contribution in [1.82, 2.24) is 0 Å². The predicted molar refractivity (Wildman–Crippen MR) is 41.4 cm³/mol. The number of hydrogen-bond acceptors (Lipinski definition) is 1. The van der Waals surface area contributed by atoms with Gasteiger partial charge in [0.25, 0.3) is 0 Å². The van der Waals surface area contributed by atoms with Crippen LogP contribution < -0.4 is 0 Å². The number of hydrogen-bond donors (Lipinski definition) is 1. The Balaban J connectivity index is 2.58. The molecule has 1 aliphatic carbocycles. The van der Waals surface area contributed by atoms with Gasteiger partial charge in [0, 0.05) is 0 Å². The Hall–Kier alpha value is -0.740. The summed E-state index contributed by atoms with van der Waals surface area (Å²) in [5, 5.41) is 9.60. The van der Waals surface area contributed by atoms with Crippen molar-refractivity contribution in [3.05, 3.63) is 12.7 Å². The first kappa shape index (κ1) is 7.37. The topological polar surface area (TPSA) is 20.2 Å². The fourth-order valence-corrected chi connectivity index (χ4v) is 1.27. The van der Waals surface area contributed by atoms with Crippen LogP contribution in [0.2, 0.25) is 0 Å². The molecule has 0 aromatic carbocycles. The quantitative estimate of drug-likeness (QED) is 0.500. The molecule has 0 aromatic heterocycles. The van der Waals surface area contributed by atoms with Gasteiger partial charge in [-0.05, 0) is 31.8 Å². The maximum absolute atomic E-state index is 9.60. The summed E-state index contributed by atoms with van der Waals surface area (Å²) >= 11 is 0. The average molecular weight is 136 g/mol. The lowest BCUT2D eigenvalue weighted by molar-refractivity contribution is 0.110. The van der Waals surface area contributed by atoms with Crippen molar-refractivity contribution in [3.63, 3.8) is 0 Å². The van der Waals surface area contributed by atoms with Crippen LogP contribution in [-0.4, -0.2) is 10.7 Å². The van der Waals surface area contributed by atoms with E-state index in [2.05, 4.69) is 18.4 Å². The van der Waals surface area contributed by atoms with Crippen molar-refractivity contribution >= 4 is 0 Å². The largest absolute Gasteiger partial charge is 0.378 e. The van der Waals surface area contributed by atoms with Gasteiger partial charge in [0.05, 0.1) is 0 Å². The molecule has 0 aromatic rings. The van der Waals surface area contributed by atoms with Crippen molar-refractivity contribution in [2.75, 3.05) is 0 Å². The molecule has 1 fully saturated rings. The van der Waals surface area contributed by atoms with Gasteiger partial charge in [0.15, 0.2) is 0 Å². The molecule has 0 bridgehead atoms. The molecule has 0 spiro atoms. The first-order chi connectivity index (χ1) is 4.77. The summed E-state index contributed by atoms with van der Waals surface area (Å²) in [6.45, 7) is 3.47. The van der Waals surface area contributed by atoms with E-state index in [9.17, 15) is 5.11 Å². The second-order valence-electron chi connectivity index (χ2n) is 2.71. The minimum atomic E-state index is -0.686. The second-order valence-corrected chi connectivity index (χ2v) is 2.71. The van der Waals surface area contributed by atoms with Gasteiger partial charge in [0.2, 0.25) is 0 Å². The lowest BCUT2D eigenvalue weighted by Crippen LogP contribution is -2.20. The van der Waals surface area contributed by atoms with E-state index in [0.717, 1.165) is 25.7 Å². The van der Waals surface area contributed by atoms with Gasteiger partial charge in [-0.3, -0.25) is 0 Å². The molecule has 10 heavy (non-hydrogen) atoms. The molecule has 0 heterocycles. The minimum absolute atomic E-state index is 0.686. The Morgan fingerprint density at radius 3 is 2.50 bits per heavy atom. The van der Waals surface area contributed by atoms with Gasteiger partial charge < -0.3 is 5.11 Å². The number of rotatable bonds is 0. The highest BCUT2D eigenvalue weighted by Gasteiger charge is 2.28. The monoisotopic (exact) mass is 136 g/mol. The molecule has 1 aliphatic rings. The van der Waals surface area contributed by atoms with Crippen LogP contribution in [0.3, 0.4) is 0 Å². The Morgan fingerprint density at radius 2 is 2.00 bits per heavy atom. The number of aliphatic hydroxyl groups is 1. The van der Waals surface area contributed by atoms with Gasteiger partial charge in [-0.25, -0.2) is 0 Å². The van der Waals surface area contributed by atoms with Crippen molar-refractivity contribution in [2.45, 2.75) is 31.3 Å². The summed E-state index contributed by atoms with van der Waals surface area (Å²) in [7, 11) is 0. The maximum Gasteiger partial charge on any atom is 0.125 e. The van der Waals surface area contributed by atoms with Gasteiger partial charge in [-0.15, -0.1) is 0 Å². The van der Waals surface area contributed by atoms with E-state index in [4.69, 9.17) is 0 Å². The normalized spacial score (nSPS) is 21.3. The number of allylic oxidation sites excluding steroid dienone is 1. The molecule has 1 N–H and O–H groups in total. The van der Waals surface area contributed by atoms with Gasteiger partial charge in [-0.2, -0.15) is 0 Å². The third-order valence-electron chi connectivity index (χ3n) is 1.84. The third-order valence-corrected chi connectivity index (χ3v) is 1.84. The second kappa shape index (κ2) is 2.90. The highest BCUT2D eigenvalue weighted by Crippen LogP contribution is 2.28. The molecule has 0 unspecified atom stereocenters. The maximum atomic E-state index is 9.60. The molecule has 1 heteroatoms. The van der Waals surface area contributed by atoms with Gasteiger partial charge >= 0.3 is 0 Å². The lowest BCUT2D eigenvalue weighted by Gasteiger charge is -2.12. The fourth-order valence-electron chi connectivity index (χ4n) is 1.27. The van der Waals surface area contributed by atoms with Crippen LogP contribution in [0.25, 0.3) is 0 Å². The molecule has 1 saturated carbocycles. The highest BCUT2D eigenvalue weighted by molar-refractivity contribution is 5.21. The molecule has 54 valence electrons. The van der Waals surface area contributed by atoms with E-state index in [1.807, 2.05) is 0 Å². The third kappa shape index (κ3) is 1.62. The molecule has 0 radical (unpaired) electrons. The molecule has 0 amide bonds. The molecule has 0 aliphatic heterocycles. The summed E-state index contributed by atoms with van der Waals surface area (Å²) in [4.78, 5) is 0. The molecular formula is C9H12O. The van der Waals surface area contributed by atoms with E-state index < -0.39 is 5.60 Å². The van der Waals surface area contributed by atoms with Crippen molar-refractivity contribution < 1.29 is 5.11 Å². The smallest absolute Gasteiger partial charge is 0.125 e. The zero-order chi connectivity index (χ0) is 7.45. The lowest BCUT2D eigenvalue weighted by atomic mass is 10.0. The van der Waals surface area contributed by atoms with Crippen molar-refractivity contribution in [1.29, 1.82) is 0 Å². The van der Waals surface area contributed by atoms with Crippen molar-refractivity contribution in [2.24, 2.45) is 0 Å². The summed E-state index contributed by atoms with van der Waals surface area (Å²) in [6.07, 6.45) is 5.38. The Kier molecular flexibility index (Phi) is 2.13. The van der Waals surface area contributed by atoms with Crippen LogP contribution in [0, 0.1) is 11.8 Å². The van der Waals surface area contributed by atoms with Crippen LogP contribution in [0.4, 0.5) is 0 Å². The summed E-state index contributed by atoms with van der Waals surface area (Å²) in [5.41, 5.74) is -0.686. The van der Waals surface area contributed by atoms with Crippen LogP contribution in [-0.2, 0) is 0 Å². The molecule has 1 nitrogen and oxygen atoms in total. The van der Waals surface area contributed by atoms with E-state index in [1.165, 1.54) is 6.08 Å². The van der Waals surface area contributed by atoms with Crippen LogP contribution in [0.5, 0.6) is 0 Å². The predicted octanol–water partition coefficient (Wildman–Crippen LogP) is 1.48. The zero-order valence-electron chi connectivity index (χ0n) is 6.06.